The van der Waals surface area contributed by atoms with Crippen LogP contribution in [0.2, 0.25) is 0 Å². The predicted molar refractivity (Wildman–Crippen MR) is 178 cm³/mol. The van der Waals surface area contributed by atoms with Gasteiger partial charge in [-0.3, -0.25) is 19.7 Å². The number of allylic oxidation sites excluding steroid dienone is 2. The smallest absolute Gasteiger partial charge is 0.339 e. The lowest BCUT2D eigenvalue weighted by atomic mass is 9.70. The second-order valence-corrected chi connectivity index (χ2v) is 14.8. The molecular weight excluding hydrogens is 673 g/mol. The van der Waals surface area contributed by atoms with Gasteiger partial charge in [-0.25, -0.2) is 4.18 Å². The Labute approximate surface area is 282 Å². The molecule has 2 unspecified atom stereocenters. The SMILES string of the molecule is Cc1ccc(NC2(OS(=O)(=O)c3ccc(C)cc3)C=CC=C3C(=O)c4c(OS(=O)(=O)c5ccc(C)cc5)ccc([N+](=O)[O-])c4C(=O)C32)cc1. The Hall–Kier alpha value is -5.44. The Balaban J connectivity index is 1.53. The van der Waals surface area contributed by atoms with Crippen LogP contribution in [0, 0.1) is 36.8 Å². The van der Waals surface area contributed by atoms with Crippen LogP contribution in [0.1, 0.15) is 37.4 Å². The molecule has 0 heterocycles. The quantitative estimate of drug-likeness (QED) is 0.0939. The van der Waals surface area contributed by atoms with E-state index < -0.39 is 70.9 Å². The lowest BCUT2D eigenvalue weighted by molar-refractivity contribution is -0.385. The molecule has 6 rings (SSSR count). The maximum absolute atomic E-state index is 14.6. The molecule has 0 saturated carbocycles. The van der Waals surface area contributed by atoms with Crippen LogP contribution in [0.25, 0.3) is 0 Å². The number of nitro benzene ring substituents is 1. The van der Waals surface area contributed by atoms with Gasteiger partial charge in [0.1, 0.15) is 16.4 Å². The number of aryl methyl sites for hydroxylation is 3. The number of fused-ring (bicyclic) bond motifs is 2. The minimum Gasteiger partial charge on any atom is -0.378 e. The van der Waals surface area contributed by atoms with Crippen molar-refractivity contribution in [3.05, 3.63) is 147 Å². The van der Waals surface area contributed by atoms with E-state index in [4.69, 9.17) is 8.37 Å². The first-order valence-electron chi connectivity index (χ1n) is 14.8. The Morgan fingerprint density at radius 2 is 1.27 bits per heavy atom. The summed E-state index contributed by atoms with van der Waals surface area (Å²) in [4.78, 5) is 39.8. The molecule has 250 valence electrons. The predicted octanol–water partition coefficient (Wildman–Crippen LogP) is 5.99. The Kier molecular flexibility index (Phi) is 8.34. The molecule has 12 nitrogen and oxygen atoms in total. The fourth-order valence-corrected chi connectivity index (χ4v) is 7.76. The number of ketones is 2. The van der Waals surface area contributed by atoms with E-state index in [0.717, 1.165) is 28.8 Å². The molecule has 49 heavy (non-hydrogen) atoms. The van der Waals surface area contributed by atoms with Crippen LogP contribution in [-0.4, -0.2) is 39.1 Å². The number of benzene rings is 4. The van der Waals surface area contributed by atoms with Crippen molar-refractivity contribution >= 4 is 43.2 Å². The van der Waals surface area contributed by atoms with Crippen LogP contribution in [0.15, 0.2) is 119 Å². The molecule has 0 spiro atoms. The molecule has 14 heteroatoms. The Bertz CT molecular complexity index is 2310. The van der Waals surface area contributed by atoms with Crippen molar-refractivity contribution in [3.63, 3.8) is 0 Å². The van der Waals surface area contributed by atoms with E-state index in [2.05, 4.69) is 5.32 Å². The van der Waals surface area contributed by atoms with Gasteiger partial charge in [-0.1, -0.05) is 65.2 Å². The zero-order valence-electron chi connectivity index (χ0n) is 26.2. The Morgan fingerprint density at radius 1 is 0.735 bits per heavy atom. The molecule has 4 aromatic rings. The molecule has 1 N–H and O–H groups in total. The summed E-state index contributed by atoms with van der Waals surface area (Å²) in [5, 5.41) is 15.2. The number of carbonyl (C=O) groups is 2. The van der Waals surface area contributed by atoms with E-state index >= 15 is 0 Å². The highest BCUT2D eigenvalue weighted by atomic mass is 32.2. The molecule has 0 aliphatic heterocycles. The molecule has 4 aromatic carbocycles. The van der Waals surface area contributed by atoms with E-state index in [9.17, 15) is 36.5 Å². The van der Waals surface area contributed by atoms with Crippen LogP contribution in [0.3, 0.4) is 0 Å². The lowest BCUT2D eigenvalue weighted by Crippen LogP contribution is -2.55. The first-order chi connectivity index (χ1) is 23.1. The first-order valence-corrected chi connectivity index (χ1v) is 17.6. The van der Waals surface area contributed by atoms with E-state index in [1.165, 1.54) is 54.6 Å². The number of nitro groups is 1. The summed E-state index contributed by atoms with van der Waals surface area (Å²) in [7, 11) is -9.24. The fraction of sp³-hybridized carbons (Fsp3) is 0.143. The average molecular weight is 701 g/mol. The summed E-state index contributed by atoms with van der Waals surface area (Å²) < 4.78 is 65.3. The standard InChI is InChI=1S/C35H28N2O10S2/c1-21-6-12-24(13-7-21)36-35(47-49(44,45)26-16-10-23(3)11-17-26)20-4-5-27-32(35)34(39)30-28(37(40)41)18-19-29(31(30)33(27)38)46-48(42,43)25-14-8-22(2)9-15-25/h4-20,32,36H,1-3H3. The van der Waals surface area contributed by atoms with Gasteiger partial charge in [0.05, 0.1) is 15.4 Å². The van der Waals surface area contributed by atoms with Gasteiger partial charge in [-0.05, 0) is 69.3 Å². The van der Waals surface area contributed by atoms with Gasteiger partial charge in [-0.2, -0.15) is 16.8 Å². The topological polar surface area (TPSA) is 176 Å². The van der Waals surface area contributed by atoms with Crippen molar-refractivity contribution in [3.8, 4) is 5.75 Å². The van der Waals surface area contributed by atoms with Gasteiger partial charge in [0.25, 0.3) is 15.8 Å². The minimum atomic E-state index is -4.67. The molecular formula is C35H28N2O10S2. The third-order valence-electron chi connectivity index (χ3n) is 8.16. The molecule has 2 atom stereocenters. The molecule has 0 saturated heterocycles. The number of nitrogens with one attached hydrogen (secondary N) is 1. The van der Waals surface area contributed by atoms with Gasteiger partial charge in [0, 0.05) is 17.3 Å². The van der Waals surface area contributed by atoms with Crippen LogP contribution >= 0.6 is 0 Å². The zero-order chi connectivity index (χ0) is 35.3. The van der Waals surface area contributed by atoms with E-state index in [0.29, 0.717) is 5.69 Å². The largest absolute Gasteiger partial charge is 0.378 e. The van der Waals surface area contributed by atoms with Gasteiger partial charge in [0.15, 0.2) is 23.0 Å². The normalized spacial score (nSPS) is 18.7. The molecule has 0 radical (unpaired) electrons. The van der Waals surface area contributed by atoms with Crippen molar-refractivity contribution in [1.29, 1.82) is 0 Å². The van der Waals surface area contributed by atoms with Gasteiger partial charge < -0.3 is 9.50 Å². The van der Waals surface area contributed by atoms with Crippen LogP contribution < -0.4 is 9.50 Å². The third-order valence-corrected chi connectivity index (χ3v) is 10.8. The minimum absolute atomic E-state index is 0.245. The van der Waals surface area contributed by atoms with Gasteiger partial charge >= 0.3 is 10.1 Å². The maximum atomic E-state index is 14.6. The number of Topliss-reactive ketones (excluding diaryl/α,β-unsaturated/α-hetero) is 2. The second kappa shape index (κ2) is 12.2. The second-order valence-electron chi connectivity index (χ2n) is 11.7. The van der Waals surface area contributed by atoms with Crippen molar-refractivity contribution in [2.75, 3.05) is 5.32 Å². The molecule has 0 aromatic heterocycles. The lowest BCUT2D eigenvalue weighted by Gasteiger charge is -2.42. The number of anilines is 1. The monoisotopic (exact) mass is 700 g/mol. The number of carbonyl (C=O) groups excluding carboxylic acids is 2. The van der Waals surface area contributed by atoms with Gasteiger partial charge in [-0.15, -0.1) is 0 Å². The maximum Gasteiger partial charge on any atom is 0.339 e. The molecule has 0 amide bonds. The van der Waals surface area contributed by atoms with E-state index in [1.807, 2.05) is 6.92 Å². The summed E-state index contributed by atoms with van der Waals surface area (Å²) in [6, 6.07) is 19.8. The van der Waals surface area contributed by atoms with Crippen LogP contribution in [0.5, 0.6) is 5.75 Å². The average Bonchev–Trinajstić information content (AvgIpc) is 3.04. The van der Waals surface area contributed by atoms with Crippen molar-refractivity contribution in [1.82, 2.24) is 0 Å². The summed E-state index contributed by atoms with van der Waals surface area (Å²) in [6.07, 6.45) is 3.81. The van der Waals surface area contributed by atoms with Crippen LogP contribution in [0.4, 0.5) is 11.4 Å². The summed E-state index contributed by atoms with van der Waals surface area (Å²) >= 11 is 0. The number of hydrogen-bond donors (Lipinski definition) is 1. The Morgan fingerprint density at radius 3 is 1.82 bits per heavy atom. The first kappa shape index (κ1) is 33.5. The molecule has 2 aliphatic carbocycles. The molecule has 0 fully saturated rings. The summed E-state index contributed by atoms with van der Waals surface area (Å²) in [6.45, 7) is 5.34. The van der Waals surface area contributed by atoms with Gasteiger partial charge in [0.2, 0.25) is 0 Å². The highest BCUT2D eigenvalue weighted by Gasteiger charge is 2.56. The number of nitrogens with zero attached hydrogens (tertiary/aromatic N) is 1. The van der Waals surface area contributed by atoms with Crippen molar-refractivity contribution in [2.45, 2.75) is 36.3 Å². The fourth-order valence-electron chi connectivity index (χ4n) is 5.70. The van der Waals surface area contributed by atoms with Crippen molar-refractivity contribution in [2.24, 2.45) is 5.92 Å². The summed E-state index contributed by atoms with van der Waals surface area (Å²) in [5.74, 6) is -4.47. The molecule has 2 aliphatic rings. The summed E-state index contributed by atoms with van der Waals surface area (Å²) in [5.41, 5.74) is -2.13. The molecule has 0 bridgehead atoms. The van der Waals surface area contributed by atoms with Crippen LogP contribution in [-0.2, 0) is 24.4 Å². The highest BCUT2D eigenvalue weighted by molar-refractivity contribution is 7.87. The van der Waals surface area contributed by atoms with Crippen molar-refractivity contribution < 1.29 is 39.7 Å². The van der Waals surface area contributed by atoms with E-state index in [-0.39, 0.29) is 15.4 Å². The van der Waals surface area contributed by atoms with E-state index in [1.54, 1.807) is 50.2 Å². The highest BCUT2D eigenvalue weighted by Crippen LogP contribution is 2.48. The third kappa shape index (κ3) is 6.17. The number of hydrogen-bond acceptors (Lipinski definition) is 11. The number of rotatable bonds is 9. The zero-order valence-corrected chi connectivity index (χ0v) is 27.9.